The van der Waals surface area contributed by atoms with Gasteiger partial charge in [0.2, 0.25) is 0 Å². The Labute approximate surface area is 123 Å². The first-order valence-corrected chi connectivity index (χ1v) is 8.32. The van der Waals surface area contributed by atoms with Gasteiger partial charge in [-0.2, -0.15) is 12.7 Å². The Morgan fingerprint density at radius 3 is 2.76 bits per heavy atom. The molecular weight excluding hydrogens is 298 g/mol. The lowest BCUT2D eigenvalue weighted by Crippen LogP contribution is -2.50. The summed E-state index contributed by atoms with van der Waals surface area (Å²) in [6.07, 6.45) is 5.16. The molecule has 3 N–H and O–H groups in total. The van der Waals surface area contributed by atoms with Crippen LogP contribution in [0.1, 0.15) is 43.9 Å². The van der Waals surface area contributed by atoms with Gasteiger partial charge in [-0.25, -0.2) is 0 Å². The number of anilines is 1. The van der Waals surface area contributed by atoms with Crippen molar-refractivity contribution in [2.45, 2.75) is 45.4 Å². The second-order valence-corrected chi connectivity index (χ2v) is 5.91. The Balaban J connectivity index is 2.45. The lowest BCUT2D eigenvalue weighted by molar-refractivity contribution is -0.849. The van der Waals surface area contributed by atoms with Crippen LogP contribution in [0.2, 0.25) is 0 Å². The summed E-state index contributed by atoms with van der Waals surface area (Å²) in [5, 5.41) is 0. The molecule has 1 aliphatic carbocycles. The summed E-state index contributed by atoms with van der Waals surface area (Å²) in [5.41, 5.74) is 7.31. The van der Waals surface area contributed by atoms with Crippen molar-refractivity contribution in [1.29, 1.82) is 0 Å². The largest absolute Gasteiger partial charge is 0.477 e. The van der Waals surface area contributed by atoms with Crippen LogP contribution in [0.3, 0.4) is 0 Å². The van der Waals surface area contributed by atoms with Gasteiger partial charge >= 0.3 is 22.2 Å². The molecule has 0 atom stereocenters. The van der Waals surface area contributed by atoms with E-state index in [1.54, 1.807) is 0 Å². The van der Waals surface area contributed by atoms with Crippen molar-refractivity contribution in [3.63, 3.8) is 0 Å². The van der Waals surface area contributed by atoms with Crippen LogP contribution in [0, 0.1) is 0 Å². The maximum Gasteiger partial charge on any atom is 0.477 e. The van der Waals surface area contributed by atoms with Gasteiger partial charge < -0.3 is 4.74 Å². The standard InChI is InChI=1S/C12H19N3O5S/c1-2-3-8-19-11-9-6-4-5-7-10(9)14-12(13)15(11)20-21(16,17)18/h13H,2-8H2,1H3,(H,16,17,18)/p+1. The summed E-state index contributed by atoms with van der Waals surface area (Å²) in [5.74, 6) is 0.0445. The fraction of sp³-hybridized carbons (Fsp3) is 0.667. The highest BCUT2D eigenvalue weighted by atomic mass is 32.3. The Morgan fingerprint density at radius 2 is 2.10 bits per heavy atom. The molecule has 1 heterocycles. The SMILES string of the molecule is CCCCOc1c2c(nc(N)[n+]1OS(=O)(=O)O)CCCC2. The normalized spacial score (nSPS) is 14.6. The number of fused-ring (bicyclic) bond motifs is 1. The van der Waals surface area contributed by atoms with Crippen molar-refractivity contribution in [3.05, 3.63) is 11.3 Å². The van der Waals surface area contributed by atoms with Gasteiger partial charge in [-0.1, -0.05) is 18.3 Å². The van der Waals surface area contributed by atoms with Crippen LogP contribution >= 0.6 is 0 Å². The van der Waals surface area contributed by atoms with E-state index in [2.05, 4.69) is 9.27 Å². The van der Waals surface area contributed by atoms with E-state index in [1.165, 1.54) is 0 Å². The molecule has 0 saturated carbocycles. The van der Waals surface area contributed by atoms with Crippen molar-refractivity contribution in [2.24, 2.45) is 0 Å². The first-order valence-electron chi connectivity index (χ1n) is 6.96. The summed E-state index contributed by atoms with van der Waals surface area (Å²) < 4.78 is 41.7. The Morgan fingerprint density at radius 1 is 1.38 bits per heavy atom. The molecule has 0 fully saturated rings. The van der Waals surface area contributed by atoms with Gasteiger partial charge in [0.15, 0.2) is 0 Å². The number of nitrogen functional groups attached to an aromatic ring is 1. The van der Waals surface area contributed by atoms with Crippen molar-refractivity contribution < 1.29 is 26.7 Å². The van der Waals surface area contributed by atoms with E-state index in [9.17, 15) is 8.42 Å². The molecule has 1 aliphatic rings. The molecule has 21 heavy (non-hydrogen) atoms. The van der Waals surface area contributed by atoms with Gasteiger partial charge in [0, 0.05) is 11.2 Å². The van der Waals surface area contributed by atoms with E-state index < -0.39 is 10.4 Å². The van der Waals surface area contributed by atoms with Crippen LogP contribution in [-0.4, -0.2) is 24.6 Å². The van der Waals surface area contributed by atoms with Crippen LogP contribution < -0.4 is 19.5 Å². The zero-order chi connectivity index (χ0) is 15.5. The summed E-state index contributed by atoms with van der Waals surface area (Å²) in [7, 11) is -4.72. The van der Waals surface area contributed by atoms with E-state index in [1.807, 2.05) is 6.92 Å². The molecule has 0 amide bonds. The van der Waals surface area contributed by atoms with Gasteiger partial charge in [0.1, 0.15) is 5.69 Å². The molecule has 0 bridgehead atoms. The molecule has 1 aromatic heterocycles. The third kappa shape index (κ3) is 3.94. The van der Waals surface area contributed by atoms with E-state index in [0.29, 0.717) is 13.0 Å². The molecule has 0 aliphatic heterocycles. The molecule has 0 aromatic carbocycles. The number of aryl methyl sites for hydroxylation is 1. The summed E-state index contributed by atoms with van der Waals surface area (Å²) >= 11 is 0. The van der Waals surface area contributed by atoms with E-state index >= 15 is 0 Å². The van der Waals surface area contributed by atoms with Gasteiger partial charge in [-0.05, 0) is 25.7 Å². The van der Waals surface area contributed by atoms with E-state index in [-0.39, 0.29) is 11.8 Å². The van der Waals surface area contributed by atoms with Crippen molar-refractivity contribution in [2.75, 3.05) is 12.3 Å². The topological polar surface area (TPSA) is 116 Å². The number of aromatic nitrogens is 2. The van der Waals surface area contributed by atoms with Crippen LogP contribution in [0.4, 0.5) is 5.95 Å². The number of hydrogen-bond donors (Lipinski definition) is 2. The molecule has 9 heteroatoms. The lowest BCUT2D eigenvalue weighted by atomic mass is 9.97. The highest BCUT2D eigenvalue weighted by Gasteiger charge is 2.30. The fourth-order valence-electron chi connectivity index (χ4n) is 2.28. The monoisotopic (exact) mass is 318 g/mol. The van der Waals surface area contributed by atoms with Gasteiger partial charge in [-0.15, -0.1) is 0 Å². The first kappa shape index (κ1) is 15.8. The average molecular weight is 318 g/mol. The number of hydrogen-bond acceptors (Lipinski definition) is 6. The molecule has 0 spiro atoms. The molecule has 8 nitrogen and oxygen atoms in total. The predicted octanol–water partition coefficient (Wildman–Crippen LogP) is 0.240. The summed E-state index contributed by atoms with van der Waals surface area (Å²) in [6, 6.07) is 0. The molecule has 118 valence electrons. The van der Waals surface area contributed by atoms with Crippen LogP contribution in [0.5, 0.6) is 5.88 Å². The van der Waals surface area contributed by atoms with Crippen molar-refractivity contribution in [3.8, 4) is 5.88 Å². The molecule has 0 saturated heterocycles. The number of rotatable bonds is 6. The number of ether oxygens (including phenoxy) is 1. The molecule has 0 radical (unpaired) electrons. The van der Waals surface area contributed by atoms with Crippen LogP contribution in [0.15, 0.2) is 0 Å². The minimum absolute atomic E-state index is 0.167. The van der Waals surface area contributed by atoms with Crippen molar-refractivity contribution in [1.82, 2.24) is 4.98 Å². The third-order valence-electron chi connectivity index (χ3n) is 3.24. The molecule has 1 aromatic rings. The van der Waals surface area contributed by atoms with Gasteiger partial charge in [-0.3, -0.25) is 10.3 Å². The Hall–Kier alpha value is -1.61. The second kappa shape index (κ2) is 6.44. The van der Waals surface area contributed by atoms with Crippen LogP contribution in [0.25, 0.3) is 0 Å². The lowest BCUT2D eigenvalue weighted by Gasteiger charge is -2.17. The number of nitrogens with two attached hydrogens (primary N) is 1. The molecule has 2 rings (SSSR count). The van der Waals surface area contributed by atoms with Gasteiger partial charge in [0.05, 0.1) is 12.2 Å². The minimum Gasteiger partial charge on any atom is -0.465 e. The highest BCUT2D eigenvalue weighted by Crippen LogP contribution is 2.26. The fourth-order valence-corrected chi connectivity index (χ4v) is 2.61. The smallest absolute Gasteiger partial charge is 0.465 e. The highest BCUT2D eigenvalue weighted by molar-refractivity contribution is 7.80. The van der Waals surface area contributed by atoms with E-state index in [4.69, 9.17) is 15.0 Å². The van der Waals surface area contributed by atoms with Crippen molar-refractivity contribution >= 4 is 16.3 Å². The Kier molecular flexibility index (Phi) is 4.84. The van der Waals surface area contributed by atoms with Crippen LogP contribution in [-0.2, 0) is 23.2 Å². The maximum atomic E-state index is 11.0. The summed E-state index contributed by atoms with van der Waals surface area (Å²) in [6.45, 7) is 2.42. The second-order valence-electron chi connectivity index (χ2n) is 4.91. The third-order valence-corrected chi connectivity index (χ3v) is 3.58. The summed E-state index contributed by atoms with van der Waals surface area (Å²) in [4.78, 5) is 4.15. The minimum atomic E-state index is -4.72. The average Bonchev–Trinajstić information content (AvgIpc) is 2.41. The van der Waals surface area contributed by atoms with Gasteiger partial charge in [0.25, 0.3) is 0 Å². The zero-order valence-electron chi connectivity index (χ0n) is 11.9. The predicted molar refractivity (Wildman–Crippen MR) is 74.0 cm³/mol. The first-order chi connectivity index (χ1) is 9.92. The Bertz CT molecular complexity index is 618. The quantitative estimate of drug-likeness (QED) is 0.438. The number of nitrogens with zero attached hydrogens (tertiary/aromatic N) is 2. The number of unbranched alkanes of at least 4 members (excludes halogenated alkanes) is 1. The maximum absolute atomic E-state index is 11.0. The zero-order valence-corrected chi connectivity index (χ0v) is 12.7. The molecule has 0 unspecified atom stereocenters. The molecular formula is C12H20N3O5S+. The van der Waals surface area contributed by atoms with E-state index in [0.717, 1.165) is 48.1 Å².